The molecule has 0 spiro atoms. The molecule has 0 bridgehead atoms. The van der Waals surface area contributed by atoms with E-state index < -0.39 is 29.4 Å². The summed E-state index contributed by atoms with van der Waals surface area (Å²) in [6.07, 6.45) is 1.01. The second-order valence-corrected chi connectivity index (χ2v) is 6.60. The third-order valence-corrected chi connectivity index (χ3v) is 5.45. The Balaban J connectivity index is 1.80. The molecular formula is C15H14Cl2O5. The second kappa shape index (κ2) is 5.41. The van der Waals surface area contributed by atoms with Crippen LogP contribution in [0, 0.1) is 17.8 Å². The minimum absolute atomic E-state index is 0.112. The number of aliphatic carboxylic acids is 2. The fourth-order valence-corrected chi connectivity index (χ4v) is 4.03. The van der Waals surface area contributed by atoms with Gasteiger partial charge in [-0.2, -0.15) is 0 Å². The van der Waals surface area contributed by atoms with E-state index in [9.17, 15) is 19.8 Å². The van der Waals surface area contributed by atoms with Gasteiger partial charge in [0.05, 0.1) is 34.1 Å². The molecule has 1 aromatic rings. The number of benzene rings is 1. The van der Waals surface area contributed by atoms with E-state index in [1.165, 1.54) is 0 Å². The molecule has 22 heavy (non-hydrogen) atoms. The Hall–Kier alpha value is -1.30. The third kappa shape index (κ3) is 2.28. The molecule has 0 heterocycles. The summed E-state index contributed by atoms with van der Waals surface area (Å²) in [5.74, 6) is -3.74. The van der Waals surface area contributed by atoms with E-state index in [0.29, 0.717) is 22.9 Å². The van der Waals surface area contributed by atoms with Gasteiger partial charge < -0.3 is 14.9 Å². The minimum Gasteiger partial charge on any atom is -0.481 e. The van der Waals surface area contributed by atoms with Gasteiger partial charge in [-0.25, -0.2) is 0 Å². The lowest BCUT2D eigenvalue weighted by atomic mass is 9.97. The number of halogens is 2. The summed E-state index contributed by atoms with van der Waals surface area (Å²) in [4.78, 5) is 22.8. The van der Waals surface area contributed by atoms with Gasteiger partial charge >= 0.3 is 11.9 Å². The van der Waals surface area contributed by atoms with Gasteiger partial charge in [0.2, 0.25) is 0 Å². The van der Waals surface area contributed by atoms with E-state index >= 15 is 0 Å². The third-order valence-electron chi connectivity index (χ3n) is 4.71. The normalized spacial score (nSPS) is 32.5. The van der Waals surface area contributed by atoms with E-state index in [1.54, 1.807) is 18.2 Å². The van der Waals surface area contributed by atoms with E-state index in [-0.39, 0.29) is 12.5 Å². The van der Waals surface area contributed by atoms with Crippen LogP contribution in [-0.2, 0) is 20.9 Å². The zero-order valence-electron chi connectivity index (χ0n) is 11.5. The molecule has 7 heteroatoms. The van der Waals surface area contributed by atoms with Crippen LogP contribution in [0.4, 0.5) is 0 Å². The zero-order valence-corrected chi connectivity index (χ0v) is 13.0. The highest BCUT2D eigenvalue weighted by Gasteiger charge is 2.77. The van der Waals surface area contributed by atoms with Crippen molar-refractivity contribution in [2.75, 3.05) is 0 Å². The van der Waals surface area contributed by atoms with Crippen molar-refractivity contribution < 1.29 is 24.5 Å². The summed E-state index contributed by atoms with van der Waals surface area (Å²) < 4.78 is 5.83. The number of hydrogen-bond donors (Lipinski definition) is 2. The van der Waals surface area contributed by atoms with Crippen LogP contribution in [0.1, 0.15) is 18.4 Å². The molecule has 2 aliphatic rings. The first kappa shape index (κ1) is 15.6. The highest BCUT2D eigenvalue weighted by atomic mass is 35.5. The van der Waals surface area contributed by atoms with Gasteiger partial charge in [0.25, 0.3) is 0 Å². The molecule has 2 saturated carbocycles. The number of ether oxygens (including phenoxy) is 1. The smallest absolute Gasteiger partial charge is 0.309 e. The van der Waals surface area contributed by atoms with Crippen molar-refractivity contribution in [1.82, 2.24) is 0 Å². The molecule has 0 amide bonds. The molecule has 2 aliphatic carbocycles. The quantitative estimate of drug-likeness (QED) is 0.857. The summed E-state index contributed by atoms with van der Waals surface area (Å²) in [6, 6.07) is 4.99. The molecule has 1 aromatic carbocycles. The molecule has 118 valence electrons. The Morgan fingerprint density at radius 1 is 1.18 bits per heavy atom. The summed E-state index contributed by atoms with van der Waals surface area (Å²) in [7, 11) is 0. The van der Waals surface area contributed by atoms with Crippen LogP contribution >= 0.6 is 23.2 Å². The highest BCUT2D eigenvalue weighted by Crippen LogP contribution is 2.66. The molecule has 0 saturated heterocycles. The number of rotatable bonds is 5. The molecule has 0 radical (unpaired) electrons. The van der Waals surface area contributed by atoms with Crippen LogP contribution in [0.25, 0.3) is 0 Å². The fraction of sp³-hybridized carbons (Fsp3) is 0.467. The van der Waals surface area contributed by atoms with Gasteiger partial charge in [-0.05, 0) is 30.5 Å². The average Bonchev–Trinajstić information content (AvgIpc) is 2.95. The molecule has 5 nitrogen and oxygen atoms in total. The fourth-order valence-electron chi connectivity index (χ4n) is 3.71. The van der Waals surface area contributed by atoms with Gasteiger partial charge in [-0.3, -0.25) is 9.59 Å². The predicted molar refractivity (Wildman–Crippen MR) is 79.0 cm³/mol. The van der Waals surface area contributed by atoms with Crippen LogP contribution in [0.2, 0.25) is 10.0 Å². The number of carboxylic acid groups (broad SMARTS) is 2. The first-order valence-corrected chi connectivity index (χ1v) is 7.67. The molecule has 4 unspecified atom stereocenters. The van der Waals surface area contributed by atoms with Gasteiger partial charge in [0.15, 0.2) is 0 Å². The van der Waals surface area contributed by atoms with Crippen molar-refractivity contribution in [3.8, 4) is 0 Å². The molecular weight excluding hydrogens is 331 g/mol. The molecule has 0 aliphatic heterocycles. The Morgan fingerprint density at radius 3 is 2.45 bits per heavy atom. The van der Waals surface area contributed by atoms with Crippen LogP contribution in [0.5, 0.6) is 0 Å². The van der Waals surface area contributed by atoms with Crippen molar-refractivity contribution in [1.29, 1.82) is 0 Å². The molecule has 3 rings (SSSR count). The largest absolute Gasteiger partial charge is 0.481 e. The summed E-state index contributed by atoms with van der Waals surface area (Å²) in [5, 5.41) is 19.4. The number of carbonyl (C=O) groups is 2. The van der Waals surface area contributed by atoms with Crippen LogP contribution in [0.15, 0.2) is 18.2 Å². The maximum atomic E-state index is 11.4. The highest BCUT2D eigenvalue weighted by molar-refractivity contribution is 6.42. The lowest BCUT2D eigenvalue weighted by molar-refractivity contribution is -0.153. The number of hydrogen-bond acceptors (Lipinski definition) is 3. The van der Waals surface area contributed by atoms with E-state index in [1.807, 2.05) is 0 Å². The summed E-state index contributed by atoms with van der Waals surface area (Å²) >= 11 is 11.8. The van der Waals surface area contributed by atoms with Crippen molar-refractivity contribution in [2.24, 2.45) is 17.8 Å². The standard InChI is InChI=1S/C15H14Cl2O5/c16-10-4-1-7(5-11(10)17)6-22-15-8(12(15)14(20)21)2-3-9(15)13(18)19/h1,4-5,8-9,12H,2-3,6H2,(H,18,19)(H,20,21). The van der Waals surface area contributed by atoms with Crippen molar-refractivity contribution in [2.45, 2.75) is 25.0 Å². The maximum Gasteiger partial charge on any atom is 0.309 e. The molecule has 0 aromatic heterocycles. The first-order valence-electron chi connectivity index (χ1n) is 6.91. The van der Waals surface area contributed by atoms with E-state index in [0.717, 1.165) is 5.56 Å². The van der Waals surface area contributed by atoms with Crippen molar-refractivity contribution in [3.63, 3.8) is 0 Å². The second-order valence-electron chi connectivity index (χ2n) is 5.78. The van der Waals surface area contributed by atoms with Gasteiger partial charge in [0.1, 0.15) is 0 Å². The summed E-state index contributed by atoms with van der Waals surface area (Å²) in [6.45, 7) is 0.112. The predicted octanol–water partition coefficient (Wildman–Crippen LogP) is 3.07. The van der Waals surface area contributed by atoms with Gasteiger partial charge in [-0.1, -0.05) is 29.3 Å². The lowest BCUT2D eigenvalue weighted by Crippen LogP contribution is -2.34. The lowest BCUT2D eigenvalue weighted by Gasteiger charge is -2.22. The molecule has 4 atom stereocenters. The van der Waals surface area contributed by atoms with Gasteiger partial charge in [-0.15, -0.1) is 0 Å². The molecule has 2 fully saturated rings. The molecule has 2 N–H and O–H groups in total. The zero-order chi connectivity index (χ0) is 16.1. The van der Waals surface area contributed by atoms with Crippen LogP contribution in [-0.4, -0.2) is 27.8 Å². The number of carboxylic acids is 2. The Bertz CT molecular complexity index is 647. The minimum atomic E-state index is -1.09. The first-order chi connectivity index (χ1) is 10.4. The SMILES string of the molecule is O=C(O)C1CCC2C(C(=O)O)C12OCc1ccc(Cl)c(Cl)c1. The average molecular weight is 345 g/mol. The van der Waals surface area contributed by atoms with Crippen LogP contribution < -0.4 is 0 Å². The summed E-state index contributed by atoms with van der Waals surface area (Å²) in [5.41, 5.74) is -0.362. The van der Waals surface area contributed by atoms with Gasteiger partial charge in [0, 0.05) is 5.92 Å². The number of fused-ring (bicyclic) bond motifs is 1. The van der Waals surface area contributed by atoms with E-state index in [2.05, 4.69) is 0 Å². The van der Waals surface area contributed by atoms with Crippen molar-refractivity contribution >= 4 is 35.1 Å². The van der Waals surface area contributed by atoms with E-state index in [4.69, 9.17) is 27.9 Å². The maximum absolute atomic E-state index is 11.4. The monoisotopic (exact) mass is 344 g/mol. The Labute approximate surface area is 136 Å². The van der Waals surface area contributed by atoms with Crippen LogP contribution in [0.3, 0.4) is 0 Å². The Morgan fingerprint density at radius 2 is 1.91 bits per heavy atom. The Kier molecular flexibility index (Phi) is 3.83. The van der Waals surface area contributed by atoms with Crippen molar-refractivity contribution in [3.05, 3.63) is 33.8 Å². The topological polar surface area (TPSA) is 83.8 Å².